The standard InChI is InChI=1S/C51H71N5/c1-39(2)16-9-20-43-24-13-26-47(34-43)55(50-36-45(29-31-52-50)22-11-18-41(5)6)49-28-15-33-54(38-49)56(48-27-14-25-44(35-48)21-10-17-40(3)4)51-37-46(30-32-53-51)23-12-19-42(7)8/h13-15,24-37,39-42H,9-12,16-23,38H2,1-8H3. The molecule has 3 heterocycles. The van der Waals surface area contributed by atoms with Gasteiger partial charge in [0.1, 0.15) is 5.82 Å². The summed E-state index contributed by atoms with van der Waals surface area (Å²) in [5, 5.41) is 4.67. The topological polar surface area (TPSA) is 35.5 Å². The molecule has 0 aliphatic carbocycles. The van der Waals surface area contributed by atoms with E-state index in [0.29, 0.717) is 30.2 Å². The summed E-state index contributed by atoms with van der Waals surface area (Å²) in [4.78, 5) is 12.5. The number of benzene rings is 2. The van der Waals surface area contributed by atoms with Gasteiger partial charge in [0.05, 0.1) is 12.2 Å². The number of nitrogens with zero attached hydrogens (tertiary/aromatic N) is 5. The number of hydrazine groups is 1. The molecule has 0 radical (unpaired) electrons. The zero-order valence-corrected chi connectivity index (χ0v) is 36.1. The summed E-state index contributed by atoms with van der Waals surface area (Å²) in [5.41, 5.74) is 8.88. The van der Waals surface area contributed by atoms with E-state index in [2.05, 4.69) is 161 Å². The van der Waals surface area contributed by atoms with E-state index < -0.39 is 0 Å². The van der Waals surface area contributed by atoms with E-state index >= 15 is 0 Å². The van der Waals surface area contributed by atoms with Gasteiger partial charge in [0.2, 0.25) is 0 Å². The highest BCUT2D eigenvalue weighted by atomic mass is 15.6. The lowest BCUT2D eigenvalue weighted by Crippen LogP contribution is -2.41. The molecule has 1 aliphatic rings. The maximum Gasteiger partial charge on any atom is 0.152 e. The van der Waals surface area contributed by atoms with Gasteiger partial charge in [0.25, 0.3) is 0 Å². The van der Waals surface area contributed by atoms with Crippen LogP contribution in [0, 0.1) is 23.7 Å². The van der Waals surface area contributed by atoms with Crippen LogP contribution in [0.3, 0.4) is 0 Å². The van der Waals surface area contributed by atoms with Crippen molar-refractivity contribution in [2.75, 3.05) is 16.5 Å². The van der Waals surface area contributed by atoms with Crippen molar-refractivity contribution >= 4 is 23.0 Å². The molecular weight excluding hydrogens is 683 g/mol. The molecule has 1 aliphatic heterocycles. The molecule has 0 fully saturated rings. The average Bonchev–Trinajstić information content (AvgIpc) is 3.16. The number of hydrogen-bond donors (Lipinski definition) is 0. The monoisotopic (exact) mass is 754 g/mol. The van der Waals surface area contributed by atoms with Crippen molar-refractivity contribution in [1.82, 2.24) is 15.0 Å². The minimum Gasteiger partial charge on any atom is -0.297 e. The molecule has 4 aromatic rings. The Hall–Kier alpha value is -4.38. The number of anilines is 4. The van der Waals surface area contributed by atoms with Gasteiger partial charge >= 0.3 is 0 Å². The zero-order valence-electron chi connectivity index (χ0n) is 36.1. The zero-order chi connectivity index (χ0) is 39.9. The normalized spacial score (nSPS) is 13.0. The SMILES string of the molecule is CC(C)CCCc1cccc(N(C2=CC=CN(N(c3cccc(CCCC(C)C)c3)c3cc(CCCC(C)C)ccn3)C2)c2cc(CCCC(C)C)ccn2)c1. The largest absolute Gasteiger partial charge is 0.297 e. The van der Waals surface area contributed by atoms with Gasteiger partial charge in [0, 0.05) is 30.0 Å². The Labute approximate surface area is 340 Å². The second-order valence-electron chi connectivity index (χ2n) is 17.8. The summed E-state index contributed by atoms with van der Waals surface area (Å²) in [7, 11) is 0. The highest BCUT2D eigenvalue weighted by molar-refractivity contribution is 5.68. The van der Waals surface area contributed by atoms with Crippen molar-refractivity contribution in [2.24, 2.45) is 23.7 Å². The second-order valence-corrected chi connectivity index (χ2v) is 17.8. The predicted molar refractivity (Wildman–Crippen MR) is 241 cm³/mol. The lowest BCUT2D eigenvalue weighted by molar-refractivity contribution is 0.404. The van der Waals surface area contributed by atoms with Crippen LogP contribution in [0.5, 0.6) is 0 Å². The van der Waals surface area contributed by atoms with Gasteiger partial charge in [-0.15, -0.1) is 0 Å². The number of allylic oxidation sites excluding steroid dienone is 2. The van der Waals surface area contributed by atoms with Gasteiger partial charge in [-0.25, -0.2) is 15.0 Å². The van der Waals surface area contributed by atoms with Crippen molar-refractivity contribution in [3.8, 4) is 0 Å². The number of aryl methyl sites for hydroxylation is 4. The maximum atomic E-state index is 5.06. The van der Waals surface area contributed by atoms with Crippen molar-refractivity contribution < 1.29 is 0 Å². The van der Waals surface area contributed by atoms with Crippen LogP contribution in [0.15, 0.2) is 109 Å². The van der Waals surface area contributed by atoms with Crippen LogP contribution in [-0.4, -0.2) is 21.5 Å². The number of pyridine rings is 2. The Morgan fingerprint density at radius 1 is 0.536 bits per heavy atom. The molecule has 0 saturated heterocycles. The summed E-state index contributed by atoms with van der Waals surface area (Å²) in [6.45, 7) is 19.2. The summed E-state index contributed by atoms with van der Waals surface area (Å²) in [6, 6.07) is 27.3. The molecule has 2 aromatic carbocycles. The molecule has 0 bridgehead atoms. The van der Waals surface area contributed by atoms with Crippen molar-refractivity contribution in [2.45, 2.75) is 132 Å². The predicted octanol–water partition coefficient (Wildman–Crippen LogP) is 14.0. The molecule has 56 heavy (non-hydrogen) atoms. The molecule has 2 aromatic heterocycles. The average molecular weight is 754 g/mol. The number of hydrogen-bond acceptors (Lipinski definition) is 5. The second kappa shape index (κ2) is 21.8. The molecule has 5 heteroatoms. The molecule has 0 spiro atoms. The molecular formula is C51H71N5. The molecule has 0 saturated carbocycles. The molecule has 0 N–H and O–H groups in total. The Morgan fingerprint density at radius 2 is 0.982 bits per heavy atom. The molecule has 0 unspecified atom stereocenters. The van der Waals surface area contributed by atoms with Crippen molar-refractivity contribution in [3.05, 3.63) is 131 Å². The van der Waals surface area contributed by atoms with E-state index in [-0.39, 0.29) is 0 Å². The van der Waals surface area contributed by atoms with Crippen LogP contribution < -0.4 is 9.91 Å². The maximum absolute atomic E-state index is 5.06. The number of aromatic nitrogens is 2. The third kappa shape index (κ3) is 13.4. The van der Waals surface area contributed by atoms with Crippen molar-refractivity contribution in [1.29, 1.82) is 0 Å². The Morgan fingerprint density at radius 3 is 1.50 bits per heavy atom. The van der Waals surface area contributed by atoms with Gasteiger partial charge in [0.15, 0.2) is 5.82 Å². The summed E-state index contributed by atoms with van der Waals surface area (Å²) < 4.78 is 0. The fraction of sp³-hybridized carbons (Fsp3) is 0.490. The van der Waals surface area contributed by atoms with Gasteiger partial charge in [-0.05, 0) is 158 Å². The molecule has 5 rings (SSSR count). The fourth-order valence-corrected chi connectivity index (χ4v) is 7.69. The van der Waals surface area contributed by atoms with Crippen LogP contribution in [-0.2, 0) is 25.7 Å². The first kappa shape index (κ1) is 42.8. The van der Waals surface area contributed by atoms with Crippen LogP contribution >= 0.6 is 0 Å². The van der Waals surface area contributed by atoms with Crippen LogP contribution in [0.25, 0.3) is 0 Å². The Bertz CT molecular complexity index is 1720. The first-order valence-electron chi connectivity index (χ1n) is 21.9. The lowest BCUT2D eigenvalue weighted by atomic mass is 10.0. The smallest absolute Gasteiger partial charge is 0.152 e. The molecule has 5 nitrogen and oxygen atoms in total. The summed E-state index contributed by atoms with van der Waals surface area (Å²) >= 11 is 0. The molecule has 300 valence electrons. The highest BCUT2D eigenvalue weighted by Crippen LogP contribution is 2.35. The van der Waals surface area contributed by atoms with Gasteiger partial charge in [-0.2, -0.15) is 0 Å². The first-order chi connectivity index (χ1) is 27.0. The highest BCUT2D eigenvalue weighted by Gasteiger charge is 2.25. The van der Waals surface area contributed by atoms with Crippen LogP contribution in [0.1, 0.15) is 129 Å². The summed E-state index contributed by atoms with van der Waals surface area (Å²) in [5.74, 6) is 4.74. The van der Waals surface area contributed by atoms with Crippen molar-refractivity contribution in [3.63, 3.8) is 0 Å². The third-order valence-electron chi connectivity index (χ3n) is 10.8. The van der Waals surface area contributed by atoms with E-state index in [1.807, 2.05) is 12.4 Å². The van der Waals surface area contributed by atoms with Gasteiger partial charge < -0.3 is 0 Å². The van der Waals surface area contributed by atoms with E-state index in [0.717, 1.165) is 48.7 Å². The van der Waals surface area contributed by atoms with E-state index in [1.54, 1.807) is 0 Å². The third-order valence-corrected chi connectivity index (χ3v) is 10.8. The summed E-state index contributed by atoms with van der Waals surface area (Å²) in [6.07, 6.45) is 24.6. The first-order valence-corrected chi connectivity index (χ1v) is 21.9. The number of rotatable bonds is 22. The van der Waals surface area contributed by atoms with Crippen LogP contribution in [0.2, 0.25) is 0 Å². The van der Waals surface area contributed by atoms with Gasteiger partial charge in [-0.1, -0.05) is 105 Å². The molecule has 0 amide bonds. The Kier molecular flexibility index (Phi) is 16.6. The van der Waals surface area contributed by atoms with E-state index in [1.165, 1.54) is 79.3 Å². The minimum atomic E-state index is 0.657. The quantitative estimate of drug-likeness (QED) is 0.0798. The lowest BCUT2D eigenvalue weighted by Gasteiger charge is -2.39. The molecule has 0 atom stereocenters. The van der Waals surface area contributed by atoms with E-state index in [9.17, 15) is 0 Å². The van der Waals surface area contributed by atoms with Gasteiger partial charge in [-0.3, -0.25) is 9.91 Å². The van der Waals surface area contributed by atoms with Crippen LogP contribution in [0.4, 0.5) is 23.0 Å². The fourth-order valence-electron chi connectivity index (χ4n) is 7.69. The van der Waals surface area contributed by atoms with E-state index in [4.69, 9.17) is 9.97 Å². The minimum absolute atomic E-state index is 0.657. The Balaban J connectivity index is 1.52.